The SMILES string of the molecule is CCOC(=O)C(SC(C)=O)c1cccc(OCc2ccccc2Cl)c1OCc1ccccc1Cl. The highest BCUT2D eigenvalue weighted by Crippen LogP contribution is 2.42. The topological polar surface area (TPSA) is 61.8 Å². The lowest BCUT2D eigenvalue weighted by molar-refractivity contribution is -0.142. The Labute approximate surface area is 213 Å². The predicted molar refractivity (Wildman–Crippen MR) is 136 cm³/mol. The molecule has 0 saturated carbocycles. The molecule has 1 atom stereocenters. The molecule has 0 aliphatic rings. The number of benzene rings is 3. The van der Waals surface area contributed by atoms with Gasteiger partial charge in [-0.3, -0.25) is 9.59 Å². The molecule has 1 unspecified atom stereocenters. The Hall–Kier alpha value is -2.67. The molecule has 5 nitrogen and oxygen atoms in total. The summed E-state index contributed by atoms with van der Waals surface area (Å²) in [6, 6.07) is 19.9. The molecule has 0 aromatic heterocycles. The molecule has 0 fully saturated rings. The molecule has 0 bridgehead atoms. The molecule has 0 N–H and O–H groups in total. The van der Waals surface area contributed by atoms with Crippen LogP contribution < -0.4 is 9.47 Å². The summed E-state index contributed by atoms with van der Waals surface area (Å²) in [6.45, 7) is 3.63. The summed E-state index contributed by atoms with van der Waals surface area (Å²) >= 11 is 13.4. The van der Waals surface area contributed by atoms with E-state index < -0.39 is 11.2 Å². The van der Waals surface area contributed by atoms with Gasteiger partial charge in [-0.15, -0.1) is 0 Å². The zero-order valence-corrected chi connectivity index (χ0v) is 21.1. The highest BCUT2D eigenvalue weighted by atomic mass is 35.5. The van der Waals surface area contributed by atoms with Crippen LogP contribution >= 0.6 is 35.0 Å². The Bertz CT molecular complexity index is 1150. The summed E-state index contributed by atoms with van der Waals surface area (Å²) in [5, 5.41) is -0.00708. The first kappa shape index (κ1) is 25.9. The number of carbonyl (C=O) groups excluding carboxylic acids is 2. The van der Waals surface area contributed by atoms with Crippen LogP contribution in [0.3, 0.4) is 0 Å². The van der Waals surface area contributed by atoms with Gasteiger partial charge in [-0.05, 0) is 25.1 Å². The minimum absolute atomic E-state index is 0.138. The summed E-state index contributed by atoms with van der Waals surface area (Å²) in [4.78, 5) is 24.7. The smallest absolute Gasteiger partial charge is 0.324 e. The van der Waals surface area contributed by atoms with Gasteiger partial charge in [0.05, 0.1) is 6.61 Å². The predicted octanol–water partition coefficient (Wildman–Crippen LogP) is 7.04. The molecular formula is C26H24Cl2O5S. The number of hydrogen-bond donors (Lipinski definition) is 0. The second-order valence-electron chi connectivity index (χ2n) is 7.18. The number of halogens is 2. The first-order valence-corrected chi connectivity index (χ1v) is 12.2. The van der Waals surface area contributed by atoms with E-state index in [-0.39, 0.29) is 24.9 Å². The molecule has 0 aliphatic heterocycles. The number of thioether (sulfide) groups is 1. The zero-order chi connectivity index (χ0) is 24.5. The first-order valence-electron chi connectivity index (χ1n) is 10.6. The lowest BCUT2D eigenvalue weighted by Crippen LogP contribution is -2.16. The fraction of sp³-hybridized carbons (Fsp3) is 0.231. The van der Waals surface area contributed by atoms with Crippen LogP contribution in [0.5, 0.6) is 11.5 Å². The van der Waals surface area contributed by atoms with Crippen LogP contribution in [-0.2, 0) is 27.5 Å². The molecule has 0 amide bonds. The Morgan fingerprint density at radius 1 is 0.853 bits per heavy atom. The summed E-state index contributed by atoms with van der Waals surface area (Å²) in [5.41, 5.74) is 2.04. The van der Waals surface area contributed by atoms with E-state index in [4.69, 9.17) is 37.4 Å². The van der Waals surface area contributed by atoms with Crippen LogP contribution in [0, 0.1) is 0 Å². The number of para-hydroxylation sites is 1. The van der Waals surface area contributed by atoms with Crippen molar-refractivity contribution in [2.75, 3.05) is 6.61 Å². The average Bonchev–Trinajstić information content (AvgIpc) is 2.82. The molecule has 0 saturated heterocycles. The summed E-state index contributed by atoms with van der Waals surface area (Å²) in [6.07, 6.45) is 0. The van der Waals surface area contributed by atoms with Crippen molar-refractivity contribution >= 4 is 46.0 Å². The van der Waals surface area contributed by atoms with Gasteiger partial charge in [-0.25, -0.2) is 0 Å². The normalized spacial score (nSPS) is 11.5. The quantitative estimate of drug-likeness (QED) is 0.268. The molecule has 8 heteroatoms. The highest BCUT2D eigenvalue weighted by molar-refractivity contribution is 8.14. The van der Waals surface area contributed by atoms with E-state index in [1.807, 2.05) is 36.4 Å². The van der Waals surface area contributed by atoms with E-state index in [1.54, 1.807) is 37.3 Å². The fourth-order valence-electron chi connectivity index (χ4n) is 3.17. The van der Waals surface area contributed by atoms with Gasteiger partial charge in [0.1, 0.15) is 18.5 Å². The molecule has 0 radical (unpaired) electrons. The molecule has 178 valence electrons. The van der Waals surface area contributed by atoms with Crippen molar-refractivity contribution in [3.8, 4) is 11.5 Å². The Morgan fingerprint density at radius 2 is 1.44 bits per heavy atom. The van der Waals surface area contributed by atoms with Crippen LogP contribution in [0.4, 0.5) is 0 Å². The van der Waals surface area contributed by atoms with Gasteiger partial charge >= 0.3 is 5.97 Å². The number of ether oxygens (including phenoxy) is 3. The maximum absolute atomic E-state index is 12.8. The number of carbonyl (C=O) groups is 2. The molecule has 3 aromatic carbocycles. The standard InChI is InChI=1S/C26H24Cl2O5S/c1-3-31-26(30)25(34-17(2)29)20-11-8-14-23(32-15-18-9-4-6-12-21(18)27)24(20)33-16-19-10-5-7-13-22(19)28/h4-14,25H,3,15-16H2,1-2H3. The molecular weight excluding hydrogens is 495 g/mol. The molecule has 0 aliphatic carbocycles. The Balaban J connectivity index is 1.99. The van der Waals surface area contributed by atoms with Gasteiger partial charge in [-0.2, -0.15) is 0 Å². The summed E-state index contributed by atoms with van der Waals surface area (Å²) in [7, 11) is 0. The second kappa shape index (κ2) is 12.7. The maximum Gasteiger partial charge on any atom is 0.324 e. The van der Waals surface area contributed by atoms with E-state index in [2.05, 4.69) is 0 Å². The first-order chi connectivity index (χ1) is 16.4. The third kappa shape index (κ3) is 6.92. The molecule has 0 heterocycles. The van der Waals surface area contributed by atoms with Crippen molar-refractivity contribution in [3.05, 3.63) is 93.5 Å². The summed E-state index contributed by atoms with van der Waals surface area (Å²) < 4.78 is 17.5. The number of rotatable bonds is 10. The Kier molecular flexibility index (Phi) is 9.69. The fourth-order valence-corrected chi connectivity index (χ4v) is 4.36. The third-order valence-electron chi connectivity index (χ3n) is 4.75. The van der Waals surface area contributed by atoms with E-state index in [0.29, 0.717) is 27.1 Å². The van der Waals surface area contributed by atoms with Gasteiger partial charge in [0.25, 0.3) is 0 Å². The van der Waals surface area contributed by atoms with Crippen molar-refractivity contribution in [1.82, 2.24) is 0 Å². The van der Waals surface area contributed by atoms with Crippen molar-refractivity contribution in [2.45, 2.75) is 32.3 Å². The minimum atomic E-state index is -0.914. The largest absolute Gasteiger partial charge is 0.485 e. The van der Waals surface area contributed by atoms with Gasteiger partial charge in [-0.1, -0.05) is 83.5 Å². The average molecular weight is 519 g/mol. The van der Waals surface area contributed by atoms with E-state index in [1.165, 1.54) is 6.92 Å². The van der Waals surface area contributed by atoms with Crippen LogP contribution in [0.25, 0.3) is 0 Å². The second-order valence-corrected chi connectivity index (χ2v) is 9.27. The lowest BCUT2D eigenvalue weighted by atomic mass is 10.1. The summed E-state index contributed by atoms with van der Waals surface area (Å²) in [5.74, 6) is 0.206. The molecule has 3 rings (SSSR count). The van der Waals surface area contributed by atoms with Crippen LogP contribution in [0.15, 0.2) is 66.7 Å². The van der Waals surface area contributed by atoms with Crippen molar-refractivity contribution in [2.24, 2.45) is 0 Å². The van der Waals surface area contributed by atoms with Gasteiger partial charge in [0.2, 0.25) is 0 Å². The third-order valence-corrected chi connectivity index (χ3v) is 6.50. The molecule has 3 aromatic rings. The Morgan fingerprint density at radius 3 is 2.00 bits per heavy atom. The van der Waals surface area contributed by atoms with Gasteiger partial charge < -0.3 is 14.2 Å². The van der Waals surface area contributed by atoms with Crippen LogP contribution in [-0.4, -0.2) is 17.7 Å². The van der Waals surface area contributed by atoms with Gasteiger partial charge in [0.15, 0.2) is 16.6 Å². The minimum Gasteiger partial charge on any atom is -0.485 e. The van der Waals surface area contributed by atoms with E-state index in [0.717, 1.165) is 22.9 Å². The monoisotopic (exact) mass is 518 g/mol. The number of hydrogen-bond acceptors (Lipinski definition) is 6. The van der Waals surface area contributed by atoms with E-state index in [9.17, 15) is 9.59 Å². The highest BCUT2D eigenvalue weighted by Gasteiger charge is 2.29. The van der Waals surface area contributed by atoms with Crippen molar-refractivity contribution < 1.29 is 23.8 Å². The lowest BCUT2D eigenvalue weighted by Gasteiger charge is -2.21. The zero-order valence-electron chi connectivity index (χ0n) is 18.8. The van der Waals surface area contributed by atoms with E-state index >= 15 is 0 Å². The van der Waals surface area contributed by atoms with Crippen LogP contribution in [0.1, 0.15) is 35.8 Å². The number of esters is 1. The van der Waals surface area contributed by atoms with Crippen molar-refractivity contribution in [1.29, 1.82) is 0 Å². The van der Waals surface area contributed by atoms with Gasteiger partial charge in [0, 0.05) is 33.7 Å². The molecule has 0 spiro atoms. The van der Waals surface area contributed by atoms with Crippen LogP contribution in [0.2, 0.25) is 10.0 Å². The maximum atomic E-state index is 12.8. The molecule has 34 heavy (non-hydrogen) atoms. The van der Waals surface area contributed by atoms with Crippen molar-refractivity contribution in [3.63, 3.8) is 0 Å².